The third-order valence-electron chi connectivity index (χ3n) is 2.62. The van der Waals surface area contributed by atoms with Crippen LogP contribution in [0.3, 0.4) is 0 Å². The number of benzene rings is 1. The van der Waals surface area contributed by atoms with Crippen LogP contribution >= 0.6 is 0 Å². The molecule has 1 heterocycles. The number of hydrogen-bond acceptors (Lipinski definition) is 2. The van der Waals surface area contributed by atoms with Gasteiger partial charge < -0.3 is 9.84 Å². The molecule has 0 unspecified atom stereocenters. The zero-order valence-electron chi connectivity index (χ0n) is 7.93. The maximum Gasteiger partial charge on any atom is 0.307 e. The second kappa shape index (κ2) is 3.33. The molecule has 2 atom stereocenters. The molecule has 0 saturated carbocycles. The summed E-state index contributed by atoms with van der Waals surface area (Å²) in [6.07, 6.45) is -0.152. The van der Waals surface area contributed by atoms with Gasteiger partial charge in [0, 0.05) is 11.5 Å². The van der Waals surface area contributed by atoms with Crippen molar-refractivity contribution in [1.29, 1.82) is 0 Å². The van der Waals surface area contributed by atoms with Gasteiger partial charge in [-0.05, 0) is 6.07 Å². The lowest BCUT2D eigenvalue weighted by Gasteiger charge is -2.12. The molecule has 1 N–H and O–H groups in total. The fourth-order valence-corrected chi connectivity index (χ4v) is 1.82. The molecule has 0 saturated heterocycles. The van der Waals surface area contributed by atoms with Crippen molar-refractivity contribution in [1.82, 2.24) is 0 Å². The summed E-state index contributed by atoms with van der Waals surface area (Å²) in [5.74, 6) is 0.184. The minimum atomic E-state index is -0.811. The van der Waals surface area contributed by atoms with Crippen LogP contribution in [-0.2, 0) is 4.79 Å². The Morgan fingerprint density at radius 1 is 1.50 bits per heavy atom. The van der Waals surface area contributed by atoms with Crippen molar-refractivity contribution >= 4 is 5.97 Å². The molecule has 0 amide bonds. The lowest BCUT2D eigenvalue weighted by atomic mass is 9.96. The molecule has 0 radical (unpaired) electrons. The zero-order valence-corrected chi connectivity index (χ0v) is 7.93. The second-order valence-corrected chi connectivity index (χ2v) is 3.58. The molecule has 0 fully saturated rings. The average Bonchev–Trinajstić information content (AvgIpc) is 2.44. The zero-order chi connectivity index (χ0) is 10.1. The van der Waals surface area contributed by atoms with E-state index < -0.39 is 5.97 Å². The quantitative estimate of drug-likeness (QED) is 0.779. The summed E-state index contributed by atoms with van der Waals surface area (Å²) < 4.78 is 5.55. The van der Waals surface area contributed by atoms with Crippen molar-refractivity contribution in [2.24, 2.45) is 0 Å². The highest BCUT2D eigenvalue weighted by molar-refractivity contribution is 5.68. The Labute approximate surface area is 82.3 Å². The molecule has 1 aliphatic heterocycles. The Balaban J connectivity index is 2.21. The largest absolute Gasteiger partial charge is 0.489 e. The first-order valence-corrected chi connectivity index (χ1v) is 4.66. The summed E-state index contributed by atoms with van der Waals surface area (Å²) in [4.78, 5) is 10.6. The Morgan fingerprint density at radius 3 is 2.86 bits per heavy atom. The molecule has 3 nitrogen and oxygen atoms in total. The first-order valence-electron chi connectivity index (χ1n) is 4.66. The molecule has 1 aromatic carbocycles. The van der Waals surface area contributed by atoms with Crippen molar-refractivity contribution in [3.05, 3.63) is 29.8 Å². The average molecular weight is 192 g/mol. The lowest BCUT2D eigenvalue weighted by Crippen LogP contribution is -2.20. The van der Waals surface area contributed by atoms with Gasteiger partial charge in [-0.3, -0.25) is 4.79 Å². The van der Waals surface area contributed by atoms with E-state index in [0.29, 0.717) is 0 Å². The van der Waals surface area contributed by atoms with Crippen molar-refractivity contribution < 1.29 is 14.6 Å². The first kappa shape index (κ1) is 9.06. The SMILES string of the molecule is C[C@H]1c2ccccc2O[C@H]1CC(=O)O. The van der Waals surface area contributed by atoms with Gasteiger partial charge in [-0.25, -0.2) is 0 Å². The van der Waals surface area contributed by atoms with Crippen LogP contribution in [0, 0.1) is 0 Å². The predicted octanol–water partition coefficient (Wildman–Crippen LogP) is 2.03. The van der Waals surface area contributed by atoms with Crippen LogP contribution in [0.2, 0.25) is 0 Å². The predicted molar refractivity (Wildman–Crippen MR) is 51.5 cm³/mol. The molecule has 1 aliphatic rings. The Hall–Kier alpha value is -1.51. The molecule has 3 heteroatoms. The topological polar surface area (TPSA) is 46.5 Å². The van der Waals surface area contributed by atoms with Crippen LogP contribution in [0.25, 0.3) is 0 Å². The smallest absolute Gasteiger partial charge is 0.307 e. The third-order valence-corrected chi connectivity index (χ3v) is 2.62. The molecular formula is C11H12O3. The molecule has 0 aliphatic carbocycles. The fraction of sp³-hybridized carbons (Fsp3) is 0.364. The van der Waals surface area contributed by atoms with Gasteiger partial charge in [-0.15, -0.1) is 0 Å². The van der Waals surface area contributed by atoms with E-state index in [9.17, 15) is 4.79 Å². The Kier molecular flexibility index (Phi) is 2.15. The van der Waals surface area contributed by atoms with Gasteiger partial charge >= 0.3 is 5.97 Å². The highest BCUT2D eigenvalue weighted by Crippen LogP contribution is 2.38. The number of carboxylic acid groups (broad SMARTS) is 1. The van der Waals surface area contributed by atoms with Crippen LogP contribution in [-0.4, -0.2) is 17.2 Å². The number of aliphatic carboxylic acids is 1. The molecule has 0 aromatic heterocycles. The standard InChI is InChI=1S/C11H12O3/c1-7-8-4-2-3-5-9(8)14-10(7)6-11(12)13/h2-5,7,10H,6H2,1H3,(H,12,13)/t7-,10-/m0/s1. The van der Waals surface area contributed by atoms with Crippen LogP contribution in [0.5, 0.6) is 5.75 Å². The number of carboxylic acids is 1. The number of carbonyl (C=O) groups is 1. The summed E-state index contributed by atoms with van der Waals surface area (Å²) in [5, 5.41) is 8.69. The van der Waals surface area contributed by atoms with Gasteiger partial charge in [0.25, 0.3) is 0 Å². The summed E-state index contributed by atoms with van der Waals surface area (Å²) in [5.41, 5.74) is 1.11. The molecule has 14 heavy (non-hydrogen) atoms. The number of para-hydroxylation sites is 1. The van der Waals surface area contributed by atoms with Gasteiger partial charge in [0.05, 0.1) is 6.42 Å². The molecular weight excluding hydrogens is 180 g/mol. The number of rotatable bonds is 2. The monoisotopic (exact) mass is 192 g/mol. The van der Waals surface area contributed by atoms with Crippen molar-refractivity contribution in [3.63, 3.8) is 0 Å². The number of fused-ring (bicyclic) bond motifs is 1. The van der Waals surface area contributed by atoms with Gasteiger partial charge in [-0.2, -0.15) is 0 Å². The second-order valence-electron chi connectivity index (χ2n) is 3.58. The Morgan fingerprint density at radius 2 is 2.21 bits per heavy atom. The van der Waals surface area contributed by atoms with E-state index >= 15 is 0 Å². The highest BCUT2D eigenvalue weighted by atomic mass is 16.5. The van der Waals surface area contributed by atoms with Crippen LogP contribution in [0.1, 0.15) is 24.8 Å². The maximum absolute atomic E-state index is 10.6. The van der Waals surface area contributed by atoms with Crippen molar-refractivity contribution in [2.45, 2.75) is 25.4 Å². The summed E-state index contributed by atoms with van der Waals surface area (Å²) in [6, 6.07) is 7.71. The van der Waals surface area contributed by atoms with Crippen LogP contribution < -0.4 is 4.74 Å². The molecule has 1 aromatic rings. The number of hydrogen-bond donors (Lipinski definition) is 1. The van der Waals surface area contributed by atoms with E-state index in [1.807, 2.05) is 31.2 Å². The fourth-order valence-electron chi connectivity index (χ4n) is 1.82. The molecule has 0 spiro atoms. The van der Waals surface area contributed by atoms with Crippen LogP contribution in [0.4, 0.5) is 0 Å². The Bertz CT molecular complexity index is 359. The van der Waals surface area contributed by atoms with E-state index in [2.05, 4.69) is 0 Å². The van der Waals surface area contributed by atoms with Crippen LogP contribution in [0.15, 0.2) is 24.3 Å². The minimum absolute atomic E-state index is 0.0653. The minimum Gasteiger partial charge on any atom is -0.489 e. The molecule has 74 valence electrons. The van der Waals surface area contributed by atoms with E-state index in [-0.39, 0.29) is 18.4 Å². The van der Waals surface area contributed by atoms with Crippen molar-refractivity contribution in [2.75, 3.05) is 0 Å². The van der Waals surface area contributed by atoms with Gasteiger partial charge in [0.15, 0.2) is 0 Å². The van der Waals surface area contributed by atoms with Gasteiger partial charge in [0.2, 0.25) is 0 Å². The number of ether oxygens (including phenoxy) is 1. The molecule has 2 rings (SSSR count). The highest BCUT2D eigenvalue weighted by Gasteiger charge is 2.31. The van der Waals surface area contributed by atoms with E-state index in [1.165, 1.54) is 0 Å². The van der Waals surface area contributed by atoms with E-state index in [0.717, 1.165) is 11.3 Å². The summed E-state index contributed by atoms with van der Waals surface area (Å²) in [6.45, 7) is 2.00. The third kappa shape index (κ3) is 1.45. The first-order chi connectivity index (χ1) is 6.68. The lowest BCUT2D eigenvalue weighted by molar-refractivity contribution is -0.138. The van der Waals surface area contributed by atoms with E-state index in [1.54, 1.807) is 0 Å². The summed E-state index contributed by atoms with van der Waals surface area (Å²) in [7, 11) is 0. The van der Waals surface area contributed by atoms with Gasteiger partial charge in [-0.1, -0.05) is 25.1 Å². The normalized spacial score (nSPS) is 24.1. The maximum atomic E-state index is 10.6. The van der Waals surface area contributed by atoms with E-state index in [4.69, 9.17) is 9.84 Å². The van der Waals surface area contributed by atoms with Crippen molar-refractivity contribution in [3.8, 4) is 5.75 Å². The van der Waals surface area contributed by atoms with Gasteiger partial charge in [0.1, 0.15) is 11.9 Å². The summed E-state index contributed by atoms with van der Waals surface area (Å²) >= 11 is 0. The molecule has 0 bridgehead atoms.